The fourth-order valence-corrected chi connectivity index (χ4v) is 0.786. The summed E-state index contributed by atoms with van der Waals surface area (Å²) in [6, 6.07) is 3.94. The largest absolute Gasteiger partial charge is 0.496 e. The summed E-state index contributed by atoms with van der Waals surface area (Å²) in [7, 11) is 3.68. The van der Waals surface area contributed by atoms with Crippen LogP contribution in [-0.2, 0) is 7.05 Å². The molecule has 0 aliphatic rings. The number of hydrogen-bond acceptors (Lipinski definition) is 1. The van der Waals surface area contributed by atoms with E-state index < -0.39 is 0 Å². The highest BCUT2D eigenvalue weighted by atomic mass is 16.5. The van der Waals surface area contributed by atoms with Crippen LogP contribution in [-0.4, -0.2) is 7.11 Å². The molecule has 0 aliphatic heterocycles. The molecule has 1 aromatic rings. The highest BCUT2D eigenvalue weighted by Gasteiger charge is 2.00. The molecule has 2 nitrogen and oxygen atoms in total. The van der Waals surface area contributed by atoms with Gasteiger partial charge >= 0.3 is 0 Å². The fraction of sp³-hybridized carbons (Fsp3) is 0.375. The summed E-state index contributed by atoms with van der Waals surface area (Å²) in [4.78, 5) is 0. The molecule has 0 fully saturated rings. The van der Waals surface area contributed by atoms with Crippen LogP contribution in [0, 0.1) is 6.92 Å². The first-order valence-electron chi connectivity index (χ1n) is 3.24. The number of aromatic nitrogens is 1. The van der Waals surface area contributed by atoms with Crippen LogP contribution in [0.3, 0.4) is 0 Å². The van der Waals surface area contributed by atoms with E-state index in [4.69, 9.17) is 4.74 Å². The van der Waals surface area contributed by atoms with Gasteiger partial charge in [0.1, 0.15) is 12.8 Å². The Hall–Kier alpha value is -1.05. The van der Waals surface area contributed by atoms with Crippen molar-refractivity contribution in [3.05, 3.63) is 24.0 Å². The molecule has 0 aromatic carbocycles. The third-order valence-corrected chi connectivity index (χ3v) is 1.61. The molecule has 0 radical (unpaired) electrons. The van der Waals surface area contributed by atoms with E-state index in [-0.39, 0.29) is 0 Å². The molecular formula is C8H12NO+. The minimum Gasteiger partial charge on any atom is -0.496 e. The Morgan fingerprint density at radius 1 is 1.50 bits per heavy atom. The van der Waals surface area contributed by atoms with E-state index in [1.165, 1.54) is 5.69 Å². The third kappa shape index (κ3) is 1.26. The average Bonchev–Trinajstić information content (AvgIpc) is 1.95. The molecule has 0 saturated heterocycles. The number of hydrogen-bond donors (Lipinski definition) is 0. The Morgan fingerprint density at radius 2 is 2.20 bits per heavy atom. The number of ether oxygens (including phenoxy) is 1. The number of aryl methyl sites for hydroxylation is 2. The summed E-state index contributed by atoms with van der Waals surface area (Å²) in [5.41, 5.74) is 1.19. The standard InChI is InChI=1S/C8H12NO/c1-7-6-8(10-3)4-5-9(7)2/h4-6H,1-3H3/q+1. The predicted molar refractivity (Wildman–Crippen MR) is 38.9 cm³/mol. The number of rotatable bonds is 1. The zero-order valence-corrected chi connectivity index (χ0v) is 6.59. The molecule has 1 aromatic heterocycles. The Balaban J connectivity index is 3.04. The molecule has 0 amide bonds. The summed E-state index contributed by atoms with van der Waals surface area (Å²) < 4.78 is 7.08. The van der Waals surface area contributed by atoms with E-state index in [0.29, 0.717) is 0 Å². The topological polar surface area (TPSA) is 13.1 Å². The first-order chi connectivity index (χ1) is 4.74. The van der Waals surface area contributed by atoms with Gasteiger partial charge in [-0.25, -0.2) is 4.57 Å². The molecule has 2 heteroatoms. The van der Waals surface area contributed by atoms with Crippen LogP contribution in [0.4, 0.5) is 0 Å². The van der Waals surface area contributed by atoms with Gasteiger partial charge in [-0.3, -0.25) is 0 Å². The lowest BCUT2D eigenvalue weighted by Crippen LogP contribution is -2.30. The lowest BCUT2D eigenvalue weighted by atomic mass is 10.3. The summed E-state index contributed by atoms with van der Waals surface area (Å²) in [5, 5.41) is 0. The molecule has 0 N–H and O–H groups in total. The number of pyridine rings is 1. The van der Waals surface area contributed by atoms with Crippen molar-refractivity contribution in [3.63, 3.8) is 0 Å². The average molecular weight is 138 g/mol. The molecule has 0 atom stereocenters. The van der Waals surface area contributed by atoms with Gasteiger partial charge in [-0.05, 0) is 0 Å². The lowest BCUT2D eigenvalue weighted by Gasteiger charge is -1.97. The molecule has 0 saturated carbocycles. The van der Waals surface area contributed by atoms with Crippen molar-refractivity contribution >= 4 is 0 Å². The smallest absolute Gasteiger partial charge is 0.181 e. The summed E-state index contributed by atoms with van der Waals surface area (Å²) >= 11 is 0. The highest BCUT2D eigenvalue weighted by molar-refractivity contribution is 5.18. The van der Waals surface area contributed by atoms with Gasteiger partial charge in [0.05, 0.1) is 7.11 Å². The first kappa shape index (κ1) is 7.06. The molecule has 0 bridgehead atoms. The van der Waals surface area contributed by atoms with Crippen LogP contribution < -0.4 is 9.30 Å². The van der Waals surface area contributed by atoms with Gasteiger partial charge in [-0.15, -0.1) is 0 Å². The Kier molecular flexibility index (Phi) is 1.90. The second-order valence-electron chi connectivity index (χ2n) is 2.32. The van der Waals surface area contributed by atoms with Gasteiger partial charge in [0, 0.05) is 19.1 Å². The SMILES string of the molecule is COc1cc[n+](C)c(C)c1. The molecule has 54 valence electrons. The minimum absolute atomic E-state index is 0.913. The van der Waals surface area contributed by atoms with Gasteiger partial charge in [-0.2, -0.15) is 0 Å². The molecular weight excluding hydrogens is 126 g/mol. The maximum absolute atomic E-state index is 5.04. The van der Waals surface area contributed by atoms with Crippen molar-refractivity contribution in [1.29, 1.82) is 0 Å². The molecule has 0 spiro atoms. The van der Waals surface area contributed by atoms with Gasteiger partial charge in [-0.1, -0.05) is 0 Å². The number of methoxy groups -OCH3 is 1. The minimum atomic E-state index is 0.913. The number of nitrogens with zero attached hydrogens (tertiary/aromatic N) is 1. The second kappa shape index (κ2) is 2.69. The molecule has 1 rings (SSSR count). The summed E-state index contributed by atoms with van der Waals surface area (Å²) in [6.07, 6.45) is 1.98. The van der Waals surface area contributed by atoms with Crippen LogP contribution in [0.5, 0.6) is 5.75 Å². The van der Waals surface area contributed by atoms with Crippen molar-refractivity contribution in [1.82, 2.24) is 0 Å². The molecule has 10 heavy (non-hydrogen) atoms. The van der Waals surface area contributed by atoms with E-state index >= 15 is 0 Å². The monoisotopic (exact) mass is 138 g/mol. The van der Waals surface area contributed by atoms with Gasteiger partial charge in [0.2, 0.25) is 0 Å². The normalized spacial score (nSPS) is 9.50. The Morgan fingerprint density at radius 3 is 2.70 bits per heavy atom. The molecule has 0 unspecified atom stereocenters. The van der Waals surface area contributed by atoms with E-state index in [0.717, 1.165) is 5.75 Å². The van der Waals surface area contributed by atoms with E-state index in [1.807, 2.05) is 36.9 Å². The van der Waals surface area contributed by atoms with Crippen molar-refractivity contribution in [2.45, 2.75) is 6.92 Å². The quantitative estimate of drug-likeness (QED) is 0.524. The zero-order chi connectivity index (χ0) is 7.56. The Bertz CT molecular complexity index is 233. The van der Waals surface area contributed by atoms with Crippen molar-refractivity contribution in [3.8, 4) is 5.75 Å². The highest BCUT2D eigenvalue weighted by Crippen LogP contribution is 2.06. The zero-order valence-electron chi connectivity index (χ0n) is 6.59. The maximum Gasteiger partial charge on any atom is 0.181 e. The first-order valence-corrected chi connectivity index (χ1v) is 3.24. The summed E-state index contributed by atoms with van der Waals surface area (Å²) in [5.74, 6) is 0.913. The van der Waals surface area contributed by atoms with Crippen LogP contribution in [0.2, 0.25) is 0 Å². The van der Waals surface area contributed by atoms with Crippen LogP contribution >= 0.6 is 0 Å². The van der Waals surface area contributed by atoms with E-state index in [2.05, 4.69) is 0 Å². The molecule has 1 heterocycles. The van der Waals surface area contributed by atoms with Crippen molar-refractivity contribution in [2.24, 2.45) is 7.05 Å². The van der Waals surface area contributed by atoms with Crippen molar-refractivity contribution < 1.29 is 9.30 Å². The fourth-order valence-electron chi connectivity index (χ4n) is 0.786. The van der Waals surface area contributed by atoms with Gasteiger partial charge in [0.15, 0.2) is 11.9 Å². The van der Waals surface area contributed by atoms with Gasteiger partial charge < -0.3 is 4.74 Å². The van der Waals surface area contributed by atoms with Crippen LogP contribution in [0.15, 0.2) is 18.3 Å². The van der Waals surface area contributed by atoms with Crippen LogP contribution in [0.25, 0.3) is 0 Å². The predicted octanol–water partition coefficient (Wildman–Crippen LogP) is 0.828. The summed E-state index contributed by atoms with van der Waals surface area (Å²) in [6.45, 7) is 2.04. The lowest BCUT2D eigenvalue weighted by molar-refractivity contribution is -0.677. The molecule has 0 aliphatic carbocycles. The maximum atomic E-state index is 5.04. The van der Waals surface area contributed by atoms with Crippen LogP contribution in [0.1, 0.15) is 5.69 Å². The van der Waals surface area contributed by atoms with Gasteiger partial charge in [0.25, 0.3) is 0 Å². The van der Waals surface area contributed by atoms with Crippen molar-refractivity contribution in [2.75, 3.05) is 7.11 Å². The Labute approximate surface area is 61.1 Å². The third-order valence-electron chi connectivity index (χ3n) is 1.61. The van der Waals surface area contributed by atoms with E-state index in [9.17, 15) is 0 Å². The second-order valence-corrected chi connectivity index (χ2v) is 2.32. The van der Waals surface area contributed by atoms with E-state index in [1.54, 1.807) is 7.11 Å².